The molecular weight excluding hydrogens is 318 g/mol. The Morgan fingerprint density at radius 1 is 1.50 bits per heavy atom. The van der Waals surface area contributed by atoms with Gasteiger partial charge in [0.2, 0.25) is 10.0 Å². The van der Waals surface area contributed by atoms with E-state index in [0.717, 1.165) is 24.3 Å². The first-order valence-electron chi connectivity index (χ1n) is 6.44. The van der Waals surface area contributed by atoms with Crippen molar-refractivity contribution < 1.29 is 13.5 Å². The van der Waals surface area contributed by atoms with Crippen molar-refractivity contribution in [3.05, 3.63) is 28.3 Å². The zero-order valence-corrected chi connectivity index (χ0v) is 13.6. The summed E-state index contributed by atoms with van der Waals surface area (Å²) < 4.78 is 27.7. The number of sulfonamides is 1. The zero-order chi connectivity index (χ0) is 14.8. The largest absolute Gasteiger partial charge is 0.392 e. The number of hydrogen-bond acceptors (Lipinski definition) is 4. The third-order valence-corrected chi connectivity index (χ3v) is 6.45. The Labute approximate surface area is 129 Å². The number of benzene rings is 1. The van der Waals surface area contributed by atoms with Crippen molar-refractivity contribution in [3.63, 3.8) is 0 Å². The van der Waals surface area contributed by atoms with E-state index in [1.807, 2.05) is 0 Å². The fraction of sp³-hybridized carbons (Fsp3) is 0.538. The lowest BCUT2D eigenvalue weighted by atomic mass is 10.1. The Kier molecular flexibility index (Phi) is 5.36. The van der Waals surface area contributed by atoms with Gasteiger partial charge in [-0.2, -0.15) is 11.8 Å². The average Bonchev–Trinajstić information content (AvgIpc) is 2.41. The summed E-state index contributed by atoms with van der Waals surface area (Å²) in [5.41, 5.74) is 1.09. The molecule has 4 nitrogen and oxygen atoms in total. The molecule has 2 N–H and O–H groups in total. The standard InChI is InChI=1S/C13H18ClNO3S2/c1-9-10(7-16)5-11(14)6-13(9)20(17,18)15-12-3-2-4-19-8-12/h5-6,12,15-16H,2-4,7-8H2,1H3. The SMILES string of the molecule is Cc1c(CO)cc(Cl)cc1S(=O)(=O)NC1CCCSC1. The van der Waals surface area contributed by atoms with Gasteiger partial charge in [-0.1, -0.05) is 11.6 Å². The molecule has 0 radical (unpaired) electrons. The minimum Gasteiger partial charge on any atom is -0.392 e. The molecule has 0 bridgehead atoms. The first-order valence-corrected chi connectivity index (χ1v) is 9.45. The molecule has 0 amide bonds. The van der Waals surface area contributed by atoms with Crippen molar-refractivity contribution in [3.8, 4) is 0 Å². The second-order valence-electron chi connectivity index (χ2n) is 4.88. The molecule has 1 atom stereocenters. The summed E-state index contributed by atoms with van der Waals surface area (Å²) in [7, 11) is -3.60. The topological polar surface area (TPSA) is 66.4 Å². The van der Waals surface area contributed by atoms with E-state index in [9.17, 15) is 13.5 Å². The molecule has 1 aliphatic heterocycles. The van der Waals surface area contributed by atoms with Crippen LogP contribution in [0.2, 0.25) is 5.02 Å². The maximum absolute atomic E-state index is 12.5. The predicted octanol–water partition coefficient (Wildman–Crippen LogP) is 2.31. The molecule has 1 unspecified atom stereocenters. The zero-order valence-electron chi connectivity index (χ0n) is 11.2. The summed E-state index contributed by atoms with van der Waals surface area (Å²) in [6.45, 7) is 1.46. The molecule has 1 fully saturated rings. The smallest absolute Gasteiger partial charge is 0.241 e. The number of hydrogen-bond donors (Lipinski definition) is 2. The molecule has 1 aromatic carbocycles. The van der Waals surface area contributed by atoms with Gasteiger partial charge < -0.3 is 5.11 Å². The van der Waals surface area contributed by atoms with Crippen LogP contribution in [-0.4, -0.2) is 31.1 Å². The van der Waals surface area contributed by atoms with E-state index in [-0.39, 0.29) is 17.5 Å². The van der Waals surface area contributed by atoms with E-state index in [4.69, 9.17) is 11.6 Å². The molecule has 0 saturated carbocycles. The lowest BCUT2D eigenvalue weighted by molar-refractivity contribution is 0.280. The van der Waals surface area contributed by atoms with Crippen LogP contribution in [0.25, 0.3) is 0 Å². The quantitative estimate of drug-likeness (QED) is 0.886. The lowest BCUT2D eigenvalue weighted by Gasteiger charge is -2.23. The van der Waals surface area contributed by atoms with E-state index in [1.165, 1.54) is 6.07 Å². The second-order valence-corrected chi connectivity index (χ2v) is 8.15. The van der Waals surface area contributed by atoms with Crippen molar-refractivity contribution in [1.29, 1.82) is 0 Å². The van der Waals surface area contributed by atoms with Crippen LogP contribution in [0.4, 0.5) is 0 Å². The highest BCUT2D eigenvalue weighted by Crippen LogP contribution is 2.26. The summed E-state index contributed by atoms with van der Waals surface area (Å²) in [4.78, 5) is 0.157. The van der Waals surface area contributed by atoms with Crippen LogP contribution in [0.15, 0.2) is 17.0 Å². The minimum absolute atomic E-state index is 0.0327. The fourth-order valence-electron chi connectivity index (χ4n) is 2.27. The van der Waals surface area contributed by atoms with E-state index in [2.05, 4.69) is 4.72 Å². The number of thioether (sulfide) groups is 1. The van der Waals surface area contributed by atoms with Crippen LogP contribution >= 0.6 is 23.4 Å². The maximum Gasteiger partial charge on any atom is 0.241 e. The summed E-state index contributed by atoms with van der Waals surface area (Å²) in [6.07, 6.45) is 1.88. The predicted molar refractivity (Wildman–Crippen MR) is 82.8 cm³/mol. The van der Waals surface area contributed by atoms with Gasteiger partial charge in [-0.25, -0.2) is 13.1 Å². The fourth-order valence-corrected chi connectivity index (χ4v) is 5.33. The average molecular weight is 336 g/mol. The normalized spacial score (nSPS) is 20.1. The van der Waals surface area contributed by atoms with Gasteiger partial charge in [0.15, 0.2) is 0 Å². The number of halogens is 1. The molecule has 1 heterocycles. The first-order chi connectivity index (χ1) is 9.44. The minimum atomic E-state index is -3.60. The number of aliphatic hydroxyl groups excluding tert-OH is 1. The van der Waals surface area contributed by atoms with Crippen LogP contribution < -0.4 is 4.72 Å². The summed E-state index contributed by atoms with van der Waals surface area (Å²) in [5.74, 6) is 1.88. The van der Waals surface area contributed by atoms with Gasteiger partial charge in [0, 0.05) is 16.8 Å². The molecule has 1 aromatic rings. The molecular formula is C13H18ClNO3S2. The summed E-state index contributed by atoms with van der Waals surface area (Å²) >= 11 is 7.70. The van der Waals surface area contributed by atoms with Gasteiger partial charge in [-0.15, -0.1) is 0 Å². The Morgan fingerprint density at radius 3 is 2.85 bits per heavy atom. The van der Waals surface area contributed by atoms with Gasteiger partial charge in [-0.3, -0.25) is 0 Å². The summed E-state index contributed by atoms with van der Waals surface area (Å²) in [6, 6.07) is 3.00. The molecule has 7 heteroatoms. The third-order valence-electron chi connectivity index (χ3n) is 3.37. The van der Waals surface area contributed by atoms with Gasteiger partial charge in [0.1, 0.15) is 0 Å². The van der Waals surface area contributed by atoms with Crippen molar-refractivity contribution in [2.75, 3.05) is 11.5 Å². The Balaban J connectivity index is 2.31. The molecule has 112 valence electrons. The number of rotatable bonds is 4. The Bertz CT molecular complexity index is 584. The van der Waals surface area contributed by atoms with Crippen molar-refractivity contribution in [2.24, 2.45) is 0 Å². The molecule has 0 aliphatic carbocycles. The van der Waals surface area contributed by atoms with Crippen LogP contribution in [0.3, 0.4) is 0 Å². The van der Waals surface area contributed by atoms with E-state index in [0.29, 0.717) is 16.1 Å². The maximum atomic E-state index is 12.5. The van der Waals surface area contributed by atoms with Gasteiger partial charge in [0.25, 0.3) is 0 Å². The second kappa shape index (κ2) is 6.66. The molecule has 20 heavy (non-hydrogen) atoms. The Morgan fingerprint density at radius 2 is 2.25 bits per heavy atom. The van der Waals surface area contributed by atoms with Gasteiger partial charge in [-0.05, 0) is 48.8 Å². The third kappa shape index (κ3) is 3.68. The number of aliphatic hydroxyl groups is 1. The van der Waals surface area contributed by atoms with Crippen molar-refractivity contribution in [1.82, 2.24) is 4.72 Å². The van der Waals surface area contributed by atoms with Crippen LogP contribution in [0.5, 0.6) is 0 Å². The van der Waals surface area contributed by atoms with Gasteiger partial charge >= 0.3 is 0 Å². The first kappa shape index (κ1) is 16.1. The lowest BCUT2D eigenvalue weighted by Crippen LogP contribution is -2.38. The highest BCUT2D eigenvalue weighted by Gasteiger charge is 2.24. The van der Waals surface area contributed by atoms with E-state index in [1.54, 1.807) is 24.8 Å². The molecule has 1 aliphatic rings. The van der Waals surface area contributed by atoms with Crippen molar-refractivity contribution in [2.45, 2.75) is 37.3 Å². The highest BCUT2D eigenvalue weighted by molar-refractivity contribution is 7.99. The van der Waals surface area contributed by atoms with E-state index < -0.39 is 10.0 Å². The monoisotopic (exact) mass is 335 g/mol. The number of nitrogens with one attached hydrogen (secondary N) is 1. The van der Waals surface area contributed by atoms with Crippen molar-refractivity contribution >= 4 is 33.4 Å². The van der Waals surface area contributed by atoms with Crippen LogP contribution in [0.1, 0.15) is 24.0 Å². The van der Waals surface area contributed by atoms with Crippen LogP contribution in [0, 0.1) is 6.92 Å². The molecule has 0 spiro atoms. The van der Waals surface area contributed by atoms with Gasteiger partial charge in [0.05, 0.1) is 11.5 Å². The summed E-state index contributed by atoms with van der Waals surface area (Å²) in [5, 5.41) is 9.59. The van der Waals surface area contributed by atoms with E-state index >= 15 is 0 Å². The molecule has 0 aromatic heterocycles. The Hall–Kier alpha value is -0.270. The highest BCUT2D eigenvalue weighted by atomic mass is 35.5. The van der Waals surface area contributed by atoms with Crippen LogP contribution in [-0.2, 0) is 16.6 Å². The molecule has 1 saturated heterocycles. The molecule has 2 rings (SSSR count).